The van der Waals surface area contributed by atoms with E-state index in [1.54, 1.807) is 12.1 Å². The molecular weight excluding hydrogens is 514 g/mol. The number of carbonyl (C=O) groups is 1. The largest absolute Gasteiger partial charge is 0.494 e. The van der Waals surface area contributed by atoms with Gasteiger partial charge in [0.15, 0.2) is 6.10 Å². The summed E-state index contributed by atoms with van der Waals surface area (Å²) in [5, 5.41) is 4.22. The molecule has 0 aliphatic carbocycles. The molecule has 0 fully saturated rings. The summed E-state index contributed by atoms with van der Waals surface area (Å²) in [5.74, 6) is 1.28. The Bertz CT molecular complexity index is 1000. The highest BCUT2D eigenvalue weighted by atomic mass is 16.7. The summed E-state index contributed by atoms with van der Waals surface area (Å²) in [5.41, 5.74) is 2.35. The van der Waals surface area contributed by atoms with Crippen molar-refractivity contribution in [2.24, 2.45) is 5.16 Å². The Morgan fingerprint density at radius 2 is 1.20 bits per heavy atom. The molecule has 2 aromatic carbocycles. The third kappa shape index (κ3) is 13.0. The lowest BCUT2D eigenvalue weighted by Gasteiger charge is -2.10. The Balaban J connectivity index is 1.27. The highest BCUT2D eigenvalue weighted by Crippen LogP contribution is 2.21. The smallest absolute Gasteiger partial charge is 0.338 e. The van der Waals surface area contributed by atoms with Gasteiger partial charge in [0.1, 0.15) is 18.1 Å². The molecule has 1 aliphatic heterocycles. The monoisotopic (exact) mass is 565 g/mol. The first kappa shape index (κ1) is 32.5. The number of ether oxygens (including phenoxy) is 3. The van der Waals surface area contributed by atoms with E-state index >= 15 is 0 Å². The Morgan fingerprint density at radius 3 is 1.73 bits per heavy atom. The zero-order valence-electron chi connectivity index (χ0n) is 25.4. The first-order valence-corrected chi connectivity index (χ1v) is 16.1. The van der Waals surface area contributed by atoms with Crippen LogP contribution in [0, 0.1) is 0 Å². The fourth-order valence-electron chi connectivity index (χ4n) is 4.87. The summed E-state index contributed by atoms with van der Waals surface area (Å²) in [6.45, 7) is 6.09. The normalized spacial score (nSPS) is 14.4. The molecule has 6 heteroatoms. The Morgan fingerprint density at radius 1 is 0.707 bits per heavy atom. The van der Waals surface area contributed by atoms with Gasteiger partial charge in [-0.05, 0) is 66.9 Å². The summed E-state index contributed by atoms with van der Waals surface area (Å²) in [4.78, 5) is 18.1. The van der Waals surface area contributed by atoms with Crippen LogP contribution in [0.2, 0.25) is 0 Å². The van der Waals surface area contributed by atoms with Gasteiger partial charge in [0.05, 0.1) is 24.5 Å². The molecule has 3 rings (SSSR count). The predicted octanol–water partition coefficient (Wildman–Crippen LogP) is 9.30. The van der Waals surface area contributed by atoms with Crippen molar-refractivity contribution in [1.82, 2.24) is 0 Å². The molecule has 0 aromatic heterocycles. The van der Waals surface area contributed by atoms with E-state index in [1.165, 1.54) is 77.0 Å². The summed E-state index contributed by atoms with van der Waals surface area (Å²) in [6.07, 6.45) is 18.0. The van der Waals surface area contributed by atoms with E-state index in [-0.39, 0.29) is 18.7 Å². The molecule has 0 saturated carbocycles. The molecule has 1 aliphatic rings. The van der Waals surface area contributed by atoms with Crippen molar-refractivity contribution in [2.75, 3.05) is 19.8 Å². The summed E-state index contributed by atoms with van der Waals surface area (Å²) >= 11 is 0. The van der Waals surface area contributed by atoms with Gasteiger partial charge < -0.3 is 19.0 Å². The van der Waals surface area contributed by atoms with E-state index in [9.17, 15) is 4.79 Å². The average Bonchev–Trinajstić information content (AvgIpc) is 3.48. The fraction of sp³-hybridized carbons (Fsp3) is 0.600. The highest BCUT2D eigenvalue weighted by molar-refractivity contribution is 6.01. The maximum atomic E-state index is 12.5. The number of benzene rings is 2. The van der Waals surface area contributed by atoms with Gasteiger partial charge >= 0.3 is 5.97 Å². The van der Waals surface area contributed by atoms with Gasteiger partial charge in [-0.1, -0.05) is 96.1 Å². The van der Waals surface area contributed by atoms with Gasteiger partial charge in [-0.25, -0.2) is 4.79 Å². The molecular formula is C35H51NO5. The summed E-state index contributed by atoms with van der Waals surface area (Å²) in [6, 6.07) is 15.1. The zero-order valence-corrected chi connectivity index (χ0v) is 25.4. The van der Waals surface area contributed by atoms with Gasteiger partial charge in [-0.3, -0.25) is 0 Å². The number of hydrogen-bond acceptors (Lipinski definition) is 6. The van der Waals surface area contributed by atoms with Crippen LogP contribution in [-0.2, 0) is 9.57 Å². The van der Waals surface area contributed by atoms with Crippen LogP contribution >= 0.6 is 0 Å². The molecule has 41 heavy (non-hydrogen) atoms. The van der Waals surface area contributed by atoms with Crippen molar-refractivity contribution in [2.45, 2.75) is 116 Å². The number of nitrogens with zero attached hydrogens (tertiary/aromatic N) is 1. The van der Waals surface area contributed by atoms with Gasteiger partial charge in [-0.2, -0.15) is 0 Å². The quantitative estimate of drug-likeness (QED) is 0.105. The first-order chi connectivity index (χ1) is 20.2. The van der Waals surface area contributed by atoms with Crippen molar-refractivity contribution < 1.29 is 23.8 Å². The van der Waals surface area contributed by atoms with Crippen LogP contribution in [0.5, 0.6) is 11.5 Å². The van der Waals surface area contributed by atoms with E-state index in [2.05, 4.69) is 19.0 Å². The van der Waals surface area contributed by atoms with Gasteiger partial charge in [0, 0.05) is 6.42 Å². The molecule has 1 atom stereocenters. The van der Waals surface area contributed by atoms with Crippen molar-refractivity contribution in [3.63, 3.8) is 0 Å². The molecule has 2 aromatic rings. The second-order valence-electron chi connectivity index (χ2n) is 11.1. The topological polar surface area (TPSA) is 66.4 Å². The van der Waals surface area contributed by atoms with Crippen LogP contribution in [0.4, 0.5) is 0 Å². The average molecular weight is 566 g/mol. The Hall–Kier alpha value is -3.02. The molecule has 0 bridgehead atoms. The predicted molar refractivity (Wildman–Crippen MR) is 166 cm³/mol. The molecule has 0 amide bonds. The summed E-state index contributed by atoms with van der Waals surface area (Å²) < 4.78 is 17.2. The van der Waals surface area contributed by atoms with Crippen LogP contribution < -0.4 is 9.47 Å². The van der Waals surface area contributed by atoms with Crippen LogP contribution in [0.15, 0.2) is 53.7 Å². The van der Waals surface area contributed by atoms with E-state index < -0.39 is 0 Å². The van der Waals surface area contributed by atoms with Crippen molar-refractivity contribution in [3.05, 3.63) is 59.7 Å². The number of unbranched alkanes of at least 4 members (excludes halogenated alkanes) is 12. The number of oxime groups is 1. The highest BCUT2D eigenvalue weighted by Gasteiger charge is 2.24. The zero-order chi connectivity index (χ0) is 29.0. The minimum atomic E-state index is -0.372. The fourth-order valence-corrected chi connectivity index (χ4v) is 4.87. The third-order valence-electron chi connectivity index (χ3n) is 7.44. The maximum Gasteiger partial charge on any atom is 0.338 e. The molecule has 1 heterocycles. The van der Waals surface area contributed by atoms with Crippen LogP contribution in [0.25, 0.3) is 0 Å². The summed E-state index contributed by atoms with van der Waals surface area (Å²) in [7, 11) is 0. The van der Waals surface area contributed by atoms with Gasteiger partial charge in [-0.15, -0.1) is 0 Å². The van der Waals surface area contributed by atoms with Crippen molar-refractivity contribution in [3.8, 4) is 11.5 Å². The Labute approximate surface area is 247 Å². The first-order valence-electron chi connectivity index (χ1n) is 16.1. The van der Waals surface area contributed by atoms with E-state index in [1.807, 2.05) is 36.4 Å². The lowest BCUT2D eigenvalue weighted by molar-refractivity contribution is 0.00686. The van der Waals surface area contributed by atoms with Gasteiger partial charge in [0.2, 0.25) is 0 Å². The minimum Gasteiger partial charge on any atom is -0.494 e. The lowest BCUT2D eigenvalue weighted by atomic mass is 10.1. The molecule has 6 nitrogen and oxygen atoms in total. The molecule has 0 radical (unpaired) electrons. The minimum absolute atomic E-state index is 0.155. The number of esters is 1. The van der Waals surface area contributed by atoms with E-state index in [4.69, 9.17) is 19.0 Å². The van der Waals surface area contributed by atoms with Crippen LogP contribution in [0.1, 0.15) is 126 Å². The van der Waals surface area contributed by atoms with Crippen molar-refractivity contribution in [1.29, 1.82) is 0 Å². The van der Waals surface area contributed by atoms with Crippen LogP contribution in [-0.4, -0.2) is 37.6 Å². The number of carbonyl (C=O) groups excluding carboxylic acids is 1. The number of rotatable bonds is 22. The molecule has 1 unspecified atom stereocenters. The molecule has 226 valence electrons. The second-order valence-corrected chi connectivity index (χ2v) is 11.1. The molecule has 0 spiro atoms. The van der Waals surface area contributed by atoms with Crippen LogP contribution in [0.3, 0.4) is 0 Å². The molecule has 0 N–H and O–H groups in total. The number of hydrogen-bond donors (Lipinski definition) is 0. The van der Waals surface area contributed by atoms with Crippen molar-refractivity contribution >= 4 is 11.7 Å². The van der Waals surface area contributed by atoms with E-state index in [0.717, 1.165) is 42.2 Å². The molecule has 0 saturated heterocycles. The van der Waals surface area contributed by atoms with Gasteiger partial charge in [0.25, 0.3) is 0 Å². The third-order valence-corrected chi connectivity index (χ3v) is 7.44. The SMILES string of the molecule is CCCCCCCCCCOc1ccc(C(=O)OCC2CC(c3ccc(OCCCCCCCC)cc3)=NO2)cc1. The van der Waals surface area contributed by atoms with E-state index in [0.29, 0.717) is 18.6 Å². The standard InChI is InChI=1S/C35H51NO5/c1-3-5-7-9-11-12-14-16-26-39-32-23-19-30(20-24-32)35(37)40-28-33-27-34(36-41-33)29-17-21-31(22-18-29)38-25-15-13-10-8-6-4-2/h17-24,33H,3-16,25-28H2,1-2H3. The lowest BCUT2D eigenvalue weighted by Crippen LogP contribution is -2.19. The Kier molecular flexibility index (Phi) is 15.8. The maximum absolute atomic E-state index is 12.5. The second kappa shape index (κ2) is 20.0.